The second-order valence-electron chi connectivity index (χ2n) is 5.21. The SMILES string of the molecule is O=C(O)c1ccc(OCCNC(=O)c2ccc3[nH]ccc3c2)cc1. The highest BCUT2D eigenvalue weighted by atomic mass is 16.5. The van der Waals surface area contributed by atoms with Gasteiger partial charge in [0.15, 0.2) is 0 Å². The molecule has 1 heterocycles. The number of H-pyrrole nitrogens is 1. The zero-order valence-corrected chi connectivity index (χ0v) is 12.8. The van der Waals surface area contributed by atoms with Gasteiger partial charge in [-0.2, -0.15) is 0 Å². The number of benzene rings is 2. The molecule has 122 valence electrons. The molecule has 0 saturated heterocycles. The lowest BCUT2D eigenvalue weighted by Crippen LogP contribution is -2.28. The molecule has 3 rings (SSSR count). The quantitative estimate of drug-likeness (QED) is 0.608. The van der Waals surface area contributed by atoms with Crippen LogP contribution in [0.5, 0.6) is 5.75 Å². The van der Waals surface area contributed by atoms with Crippen molar-refractivity contribution in [3.05, 3.63) is 65.9 Å². The average Bonchev–Trinajstić information content (AvgIpc) is 3.06. The van der Waals surface area contributed by atoms with Crippen molar-refractivity contribution in [3.8, 4) is 5.75 Å². The molecular formula is C18H16N2O4. The smallest absolute Gasteiger partial charge is 0.335 e. The lowest BCUT2D eigenvalue weighted by Gasteiger charge is -2.08. The number of carboxylic acid groups (broad SMARTS) is 1. The van der Waals surface area contributed by atoms with Crippen molar-refractivity contribution in [2.24, 2.45) is 0 Å². The van der Waals surface area contributed by atoms with Gasteiger partial charge >= 0.3 is 5.97 Å². The summed E-state index contributed by atoms with van der Waals surface area (Å²) in [4.78, 5) is 25.9. The van der Waals surface area contributed by atoms with Gasteiger partial charge in [0.05, 0.1) is 12.1 Å². The van der Waals surface area contributed by atoms with E-state index >= 15 is 0 Å². The van der Waals surface area contributed by atoms with Crippen molar-refractivity contribution < 1.29 is 19.4 Å². The van der Waals surface area contributed by atoms with E-state index in [0.717, 1.165) is 10.9 Å². The van der Waals surface area contributed by atoms with Gasteiger partial charge in [-0.1, -0.05) is 0 Å². The summed E-state index contributed by atoms with van der Waals surface area (Å²) in [5.41, 5.74) is 1.78. The van der Waals surface area contributed by atoms with Crippen molar-refractivity contribution >= 4 is 22.8 Å². The zero-order valence-electron chi connectivity index (χ0n) is 12.8. The molecule has 0 spiro atoms. The molecule has 0 aliphatic carbocycles. The van der Waals surface area contributed by atoms with Crippen LogP contribution < -0.4 is 10.1 Å². The largest absolute Gasteiger partial charge is 0.492 e. The summed E-state index contributed by atoms with van der Waals surface area (Å²) in [7, 11) is 0. The molecule has 2 aromatic carbocycles. The maximum absolute atomic E-state index is 12.1. The average molecular weight is 324 g/mol. The van der Waals surface area contributed by atoms with Crippen molar-refractivity contribution in [3.63, 3.8) is 0 Å². The monoisotopic (exact) mass is 324 g/mol. The summed E-state index contributed by atoms with van der Waals surface area (Å²) >= 11 is 0. The summed E-state index contributed by atoms with van der Waals surface area (Å²) in [6.45, 7) is 0.648. The number of fused-ring (bicyclic) bond motifs is 1. The van der Waals surface area contributed by atoms with E-state index in [4.69, 9.17) is 9.84 Å². The fourth-order valence-electron chi connectivity index (χ4n) is 2.32. The molecule has 0 aliphatic heterocycles. The predicted molar refractivity (Wildman–Crippen MR) is 89.5 cm³/mol. The molecule has 6 nitrogen and oxygen atoms in total. The minimum Gasteiger partial charge on any atom is -0.492 e. The van der Waals surface area contributed by atoms with E-state index in [0.29, 0.717) is 24.5 Å². The van der Waals surface area contributed by atoms with Crippen molar-refractivity contribution in [1.29, 1.82) is 0 Å². The van der Waals surface area contributed by atoms with Crippen LogP contribution in [0.4, 0.5) is 0 Å². The number of ether oxygens (including phenoxy) is 1. The molecule has 0 unspecified atom stereocenters. The number of carbonyl (C=O) groups is 2. The molecule has 24 heavy (non-hydrogen) atoms. The highest BCUT2D eigenvalue weighted by Crippen LogP contribution is 2.14. The molecule has 0 bridgehead atoms. The Hall–Kier alpha value is -3.28. The lowest BCUT2D eigenvalue weighted by atomic mass is 10.1. The maximum atomic E-state index is 12.1. The molecule has 0 aliphatic rings. The molecule has 0 saturated carbocycles. The summed E-state index contributed by atoms with van der Waals surface area (Å²) < 4.78 is 5.47. The first-order valence-electron chi connectivity index (χ1n) is 7.45. The third-order valence-corrected chi connectivity index (χ3v) is 3.57. The molecule has 0 fully saturated rings. The van der Waals surface area contributed by atoms with Gasteiger partial charge in [0.2, 0.25) is 0 Å². The van der Waals surface area contributed by atoms with E-state index in [-0.39, 0.29) is 11.5 Å². The fraction of sp³-hybridized carbons (Fsp3) is 0.111. The third-order valence-electron chi connectivity index (χ3n) is 3.57. The Morgan fingerprint density at radius 2 is 1.79 bits per heavy atom. The second kappa shape index (κ2) is 6.87. The predicted octanol–water partition coefficient (Wildman–Crippen LogP) is 2.67. The number of nitrogens with one attached hydrogen (secondary N) is 2. The van der Waals surface area contributed by atoms with E-state index < -0.39 is 5.97 Å². The standard InChI is InChI=1S/C18H16N2O4/c21-17(14-3-6-16-13(11-14)7-8-19-16)20-9-10-24-15-4-1-12(2-5-15)18(22)23/h1-8,11,19H,9-10H2,(H,20,21)(H,22,23). The highest BCUT2D eigenvalue weighted by molar-refractivity contribution is 5.98. The maximum Gasteiger partial charge on any atom is 0.335 e. The number of rotatable bonds is 6. The van der Waals surface area contributed by atoms with Gasteiger partial charge in [-0.3, -0.25) is 4.79 Å². The van der Waals surface area contributed by atoms with Crippen molar-refractivity contribution in [2.75, 3.05) is 13.2 Å². The molecular weight excluding hydrogens is 308 g/mol. The minimum absolute atomic E-state index is 0.164. The van der Waals surface area contributed by atoms with Crippen LogP contribution in [0.1, 0.15) is 20.7 Å². The number of aromatic amines is 1. The lowest BCUT2D eigenvalue weighted by molar-refractivity contribution is 0.0696. The molecule has 1 aromatic heterocycles. The Kier molecular flexibility index (Phi) is 4.47. The van der Waals surface area contributed by atoms with Crippen LogP contribution in [0.25, 0.3) is 10.9 Å². The van der Waals surface area contributed by atoms with Crippen LogP contribution in [-0.4, -0.2) is 35.1 Å². The Balaban J connectivity index is 1.48. The molecule has 0 atom stereocenters. The van der Waals surface area contributed by atoms with Crippen LogP contribution in [-0.2, 0) is 0 Å². The van der Waals surface area contributed by atoms with Gasteiger partial charge in [-0.25, -0.2) is 4.79 Å². The van der Waals surface area contributed by atoms with E-state index in [2.05, 4.69) is 10.3 Å². The first kappa shape index (κ1) is 15.6. The van der Waals surface area contributed by atoms with E-state index in [9.17, 15) is 9.59 Å². The van der Waals surface area contributed by atoms with Crippen LogP contribution in [0.3, 0.4) is 0 Å². The number of amides is 1. The first-order valence-corrected chi connectivity index (χ1v) is 7.45. The summed E-state index contributed by atoms with van der Waals surface area (Å²) in [5, 5.41) is 12.6. The first-order chi connectivity index (χ1) is 11.6. The third kappa shape index (κ3) is 3.55. The summed E-state index contributed by atoms with van der Waals surface area (Å²) in [5.74, 6) is -0.584. The van der Waals surface area contributed by atoms with Crippen molar-refractivity contribution in [1.82, 2.24) is 10.3 Å². The van der Waals surface area contributed by atoms with Gasteiger partial charge in [-0.05, 0) is 48.5 Å². The molecule has 6 heteroatoms. The number of hydrogen-bond donors (Lipinski definition) is 3. The number of aromatic carboxylic acids is 1. The Morgan fingerprint density at radius 1 is 1.04 bits per heavy atom. The zero-order chi connectivity index (χ0) is 16.9. The second-order valence-corrected chi connectivity index (χ2v) is 5.21. The summed E-state index contributed by atoms with van der Waals surface area (Å²) in [6.07, 6.45) is 1.83. The normalized spacial score (nSPS) is 10.5. The van der Waals surface area contributed by atoms with E-state index in [1.54, 1.807) is 18.2 Å². The summed E-state index contributed by atoms with van der Waals surface area (Å²) in [6, 6.07) is 13.5. The van der Waals surface area contributed by atoms with Gasteiger partial charge in [0, 0.05) is 22.7 Å². The fourth-order valence-corrected chi connectivity index (χ4v) is 2.32. The number of hydrogen-bond acceptors (Lipinski definition) is 3. The number of carbonyl (C=O) groups excluding carboxylic acids is 1. The van der Waals surface area contributed by atoms with Gasteiger partial charge in [0.1, 0.15) is 12.4 Å². The molecule has 3 N–H and O–H groups in total. The molecule has 0 radical (unpaired) electrons. The Morgan fingerprint density at radius 3 is 2.54 bits per heavy atom. The number of carboxylic acids is 1. The van der Waals surface area contributed by atoms with Crippen LogP contribution in [0, 0.1) is 0 Å². The van der Waals surface area contributed by atoms with E-state index in [1.165, 1.54) is 12.1 Å². The van der Waals surface area contributed by atoms with Crippen molar-refractivity contribution in [2.45, 2.75) is 0 Å². The molecule has 1 amide bonds. The van der Waals surface area contributed by atoms with Crippen LogP contribution >= 0.6 is 0 Å². The Labute approximate surface area is 138 Å². The number of aromatic nitrogens is 1. The topological polar surface area (TPSA) is 91.4 Å². The highest BCUT2D eigenvalue weighted by Gasteiger charge is 2.06. The molecule has 3 aromatic rings. The van der Waals surface area contributed by atoms with Crippen LogP contribution in [0.2, 0.25) is 0 Å². The Bertz CT molecular complexity index is 868. The van der Waals surface area contributed by atoms with Crippen LogP contribution in [0.15, 0.2) is 54.7 Å². The van der Waals surface area contributed by atoms with Gasteiger partial charge in [0.25, 0.3) is 5.91 Å². The van der Waals surface area contributed by atoms with Gasteiger partial charge in [-0.15, -0.1) is 0 Å². The van der Waals surface area contributed by atoms with E-state index in [1.807, 2.05) is 24.4 Å². The van der Waals surface area contributed by atoms with Gasteiger partial charge < -0.3 is 20.1 Å². The minimum atomic E-state index is -0.979.